The molecule has 0 saturated heterocycles. The van der Waals surface area contributed by atoms with Gasteiger partial charge in [0.1, 0.15) is 22.8 Å². The number of halogens is 1. The highest BCUT2D eigenvalue weighted by Gasteiger charge is 2.64. The lowest BCUT2D eigenvalue weighted by Crippen LogP contribution is -2.65. The van der Waals surface area contributed by atoms with Gasteiger partial charge in [0.15, 0.2) is 11.4 Å². The molecule has 1 saturated carbocycles. The van der Waals surface area contributed by atoms with E-state index < -0.39 is 58.0 Å². The number of benzene rings is 1. The van der Waals surface area contributed by atoms with Gasteiger partial charge in [-0.1, -0.05) is 0 Å². The molecule has 0 spiro atoms. The van der Waals surface area contributed by atoms with E-state index in [1.165, 1.54) is 11.0 Å². The Morgan fingerprint density at radius 3 is 2.34 bits per heavy atom. The minimum Gasteiger partial charge on any atom is -0.508 e. The molecule has 0 aromatic heterocycles. The molecule has 0 bridgehead atoms. The van der Waals surface area contributed by atoms with Crippen LogP contribution in [-0.2, 0) is 20.8 Å². The molecule has 3 aliphatic rings. The number of ketones is 2. The maximum Gasteiger partial charge on any atom is 0.255 e. The van der Waals surface area contributed by atoms with E-state index in [1.807, 2.05) is 18.9 Å². The van der Waals surface area contributed by atoms with Crippen molar-refractivity contribution in [3.8, 4) is 5.75 Å². The molecule has 0 radical (unpaired) electrons. The van der Waals surface area contributed by atoms with Crippen LogP contribution in [-0.4, -0.2) is 82.1 Å². The fraction of sp³-hybridized carbons (Fsp3) is 0.458. The molecule has 35 heavy (non-hydrogen) atoms. The van der Waals surface area contributed by atoms with E-state index in [0.717, 1.165) is 5.69 Å². The number of aliphatic hydroxyl groups is 3. The van der Waals surface area contributed by atoms with Gasteiger partial charge in [0.2, 0.25) is 5.78 Å². The van der Waals surface area contributed by atoms with Crippen LogP contribution in [0.4, 0.5) is 5.69 Å². The van der Waals surface area contributed by atoms with Gasteiger partial charge in [0, 0.05) is 30.8 Å². The van der Waals surface area contributed by atoms with Crippen molar-refractivity contribution in [2.24, 2.45) is 17.6 Å². The Labute approximate surface area is 208 Å². The van der Waals surface area contributed by atoms with Gasteiger partial charge in [-0.25, -0.2) is 0 Å². The molecule has 1 fully saturated rings. The maximum absolute atomic E-state index is 13.7. The van der Waals surface area contributed by atoms with E-state index in [2.05, 4.69) is 0 Å². The van der Waals surface area contributed by atoms with Crippen molar-refractivity contribution < 1.29 is 34.8 Å². The molecule has 1 aromatic rings. The second-order valence-corrected chi connectivity index (χ2v) is 9.43. The van der Waals surface area contributed by atoms with Gasteiger partial charge >= 0.3 is 0 Å². The van der Waals surface area contributed by atoms with Crippen molar-refractivity contribution in [2.75, 3.05) is 32.6 Å². The number of aromatic hydroxyl groups is 1. The second-order valence-electron chi connectivity index (χ2n) is 9.43. The first-order valence-corrected chi connectivity index (χ1v) is 11.1. The van der Waals surface area contributed by atoms with E-state index in [0.29, 0.717) is 12.1 Å². The number of fused-ring (bicyclic) bond motifs is 3. The van der Waals surface area contributed by atoms with Crippen LogP contribution >= 0.6 is 12.4 Å². The van der Waals surface area contributed by atoms with Gasteiger partial charge in [-0.3, -0.25) is 19.3 Å². The first-order valence-electron chi connectivity index (χ1n) is 11.1. The molecular weight excluding hydrogens is 478 g/mol. The fourth-order valence-electron chi connectivity index (χ4n) is 5.76. The number of amides is 1. The van der Waals surface area contributed by atoms with E-state index in [9.17, 15) is 34.8 Å². The molecule has 0 heterocycles. The zero-order valence-electron chi connectivity index (χ0n) is 19.9. The van der Waals surface area contributed by atoms with Crippen LogP contribution in [0.1, 0.15) is 24.5 Å². The Kier molecular flexibility index (Phi) is 6.71. The lowest BCUT2D eigenvalue weighted by Gasteiger charge is -2.50. The Balaban J connectivity index is 0.00000342. The standard InChI is InChI=1S/C24H29N3O7.ClH/c1-5-27(4)13-6-7-14(28)16-11(13)8-10-9-12-18(26(2)3)20(30)17(23(25)33)22(32)24(12,34)21(31)15(10)19(16)29;/h6-7,10,12,18,28-29,32,34H,5,8-9H2,1-4H3,(H2,25,33);1H. The summed E-state index contributed by atoms with van der Waals surface area (Å²) in [6.07, 6.45) is 0.333. The first-order chi connectivity index (χ1) is 15.9. The third-order valence-electron chi connectivity index (χ3n) is 7.47. The number of carbonyl (C=O) groups is 3. The highest BCUT2D eigenvalue weighted by molar-refractivity contribution is 6.24. The van der Waals surface area contributed by atoms with Crippen molar-refractivity contribution >= 4 is 41.3 Å². The molecule has 4 atom stereocenters. The summed E-state index contributed by atoms with van der Waals surface area (Å²) in [4.78, 5) is 42.2. The number of hydrogen-bond donors (Lipinski definition) is 5. The molecule has 0 aliphatic heterocycles. The fourth-order valence-corrected chi connectivity index (χ4v) is 5.76. The normalized spacial score (nSPS) is 27.8. The third kappa shape index (κ3) is 3.50. The predicted molar refractivity (Wildman–Crippen MR) is 130 cm³/mol. The summed E-state index contributed by atoms with van der Waals surface area (Å²) in [7, 11) is 5.00. The zero-order chi connectivity index (χ0) is 25.3. The molecule has 11 heteroatoms. The number of nitrogens with two attached hydrogens (primary N) is 1. The lowest BCUT2D eigenvalue weighted by molar-refractivity contribution is -0.153. The number of Topliss-reactive ketones (excluding diaryl/α,β-unsaturated/α-hetero) is 2. The molecule has 3 aliphatic carbocycles. The van der Waals surface area contributed by atoms with Crippen molar-refractivity contribution in [2.45, 2.75) is 31.4 Å². The van der Waals surface area contributed by atoms with Crippen molar-refractivity contribution in [1.29, 1.82) is 0 Å². The minimum atomic E-state index is -2.63. The first kappa shape index (κ1) is 26.5. The van der Waals surface area contributed by atoms with Crippen LogP contribution in [0.3, 0.4) is 0 Å². The number of rotatable bonds is 4. The van der Waals surface area contributed by atoms with Gasteiger partial charge in [-0.05, 0) is 57.5 Å². The van der Waals surface area contributed by atoms with E-state index >= 15 is 0 Å². The predicted octanol–water partition coefficient (Wildman–Crippen LogP) is 0.842. The molecule has 4 unspecified atom stereocenters. The van der Waals surface area contributed by atoms with Crippen molar-refractivity contribution in [3.63, 3.8) is 0 Å². The zero-order valence-corrected chi connectivity index (χ0v) is 20.7. The summed E-state index contributed by atoms with van der Waals surface area (Å²) >= 11 is 0. The molecule has 4 rings (SSSR count). The summed E-state index contributed by atoms with van der Waals surface area (Å²) in [5.41, 5.74) is 3.23. The number of anilines is 1. The van der Waals surface area contributed by atoms with Gasteiger partial charge < -0.3 is 31.1 Å². The smallest absolute Gasteiger partial charge is 0.255 e. The average Bonchev–Trinajstić information content (AvgIpc) is 2.75. The molecular formula is C24H30ClN3O7. The number of aliphatic hydroxyl groups excluding tert-OH is 2. The Morgan fingerprint density at radius 1 is 1.17 bits per heavy atom. The van der Waals surface area contributed by atoms with Crippen LogP contribution in [0.15, 0.2) is 29.0 Å². The van der Waals surface area contributed by atoms with E-state index in [-0.39, 0.29) is 42.1 Å². The van der Waals surface area contributed by atoms with E-state index in [1.54, 1.807) is 20.2 Å². The summed E-state index contributed by atoms with van der Waals surface area (Å²) in [5, 5.41) is 44.1. The third-order valence-corrected chi connectivity index (χ3v) is 7.47. The van der Waals surface area contributed by atoms with Gasteiger partial charge in [0.05, 0.1) is 11.6 Å². The summed E-state index contributed by atoms with van der Waals surface area (Å²) < 4.78 is 0. The van der Waals surface area contributed by atoms with Gasteiger partial charge in [-0.2, -0.15) is 0 Å². The minimum absolute atomic E-state index is 0. The number of likely N-dealkylation sites (N-methyl/N-ethyl adjacent to an activating group) is 1. The Morgan fingerprint density at radius 2 is 1.80 bits per heavy atom. The highest BCUT2D eigenvalue weighted by atomic mass is 35.5. The highest BCUT2D eigenvalue weighted by Crippen LogP contribution is 2.53. The average molecular weight is 508 g/mol. The maximum atomic E-state index is 13.7. The van der Waals surface area contributed by atoms with Gasteiger partial charge in [0.25, 0.3) is 5.91 Å². The van der Waals surface area contributed by atoms with Gasteiger partial charge in [-0.15, -0.1) is 12.4 Å². The number of carbonyl (C=O) groups excluding carboxylic acids is 3. The molecule has 10 nitrogen and oxygen atoms in total. The van der Waals surface area contributed by atoms with E-state index in [4.69, 9.17) is 5.73 Å². The molecule has 6 N–H and O–H groups in total. The van der Waals surface area contributed by atoms with Crippen LogP contribution < -0.4 is 10.6 Å². The number of phenols is 1. The summed E-state index contributed by atoms with van der Waals surface area (Å²) in [6.45, 7) is 2.61. The largest absolute Gasteiger partial charge is 0.508 e. The Bertz CT molecular complexity index is 1190. The quantitative estimate of drug-likeness (QED) is 0.371. The Hall–Kier alpha value is -3.08. The van der Waals surface area contributed by atoms with Crippen molar-refractivity contribution in [3.05, 3.63) is 40.2 Å². The van der Waals surface area contributed by atoms with Crippen LogP contribution in [0.2, 0.25) is 0 Å². The number of phenolic OH excluding ortho intramolecular Hbond substituents is 1. The van der Waals surface area contributed by atoms with Crippen LogP contribution in [0.5, 0.6) is 5.75 Å². The van der Waals surface area contributed by atoms with Crippen LogP contribution in [0.25, 0.3) is 5.76 Å². The summed E-state index contributed by atoms with van der Waals surface area (Å²) in [6, 6.07) is 2.06. The molecule has 1 aromatic carbocycles. The lowest BCUT2D eigenvalue weighted by atomic mass is 9.57. The second kappa shape index (κ2) is 8.85. The summed E-state index contributed by atoms with van der Waals surface area (Å²) in [5.74, 6) is -6.52. The number of primary amides is 1. The van der Waals surface area contributed by atoms with Crippen molar-refractivity contribution in [1.82, 2.24) is 4.90 Å². The van der Waals surface area contributed by atoms with Crippen LogP contribution in [0, 0.1) is 11.8 Å². The SMILES string of the molecule is CCN(C)c1ccc(O)c2c1CC1CC3C(N(C)C)C(=O)C(C(N)=O)=C(O)C3(O)C(=O)C1=C2O.Cl. The molecule has 190 valence electrons. The number of nitrogens with zero attached hydrogens (tertiary/aromatic N) is 2. The topological polar surface area (TPSA) is 165 Å². The number of hydrogen-bond acceptors (Lipinski definition) is 9. The molecule has 1 amide bonds. The monoisotopic (exact) mass is 507 g/mol.